The molecule has 2 heterocycles. The number of methoxy groups -OCH3 is 1. The SMILES string of the molecule is CC[C@@H](C)Oc1cc2c(cc1OC)CC(=O)N(c1ccc(N(Cc3cccnc3)C(=O)O)cc1)C2c1ccc(Cl)cc1. The number of ether oxygens (including phenoxy) is 2. The minimum atomic E-state index is -1.09. The zero-order valence-electron chi connectivity index (χ0n) is 23.7. The van der Waals surface area contributed by atoms with Crippen molar-refractivity contribution in [2.45, 2.75) is 45.4 Å². The molecule has 2 amide bonds. The number of carbonyl (C=O) groups excluding carboxylic acids is 1. The second-order valence-electron chi connectivity index (χ2n) is 10.2. The highest BCUT2D eigenvalue weighted by atomic mass is 35.5. The van der Waals surface area contributed by atoms with E-state index >= 15 is 0 Å². The van der Waals surface area contributed by atoms with Gasteiger partial charge in [-0.1, -0.05) is 36.7 Å². The maximum atomic E-state index is 13.8. The predicted octanol–water partition coefficient (Wildman–Crippen LogP) is 7.28. The molecule has 8 nitrogen and oxygen atoms in total. The maximum absolute atomic E-state index is 13.8. The topological polar surface area (TPSA) is 92.2 Å². The third kappa shape index (κ3) is 6.04. The van der Waals surface area contributed by atoms with E-state index in [1.807, 2.05) is 37.3 Å². The Morgan fingerprint density at radius 3 is 2.48 bits per heavy atom. The third-order valence-corrected chi connectivity index (χ3v) is 7.66. The van der Waals surface area contributed by atoms with Gasteiger partial charge in [0.05, 0.1) is 32.2 Å². The Labute approximate surface area is 250 Å². The summed E-state index contributed by atoms with van der Waals surface area (Å²) in [5, 5.41) is 10.5. The molecule has 0 aliphatic carbocycles. The van der Waals surface area contributed by atoms with E-state index in [4.69, 9.17) is 21.1 Å². The zero-order chi connectivity index (χ0) is 29.8. The minimum Gasteiger partial charge on any atom is -0.493 e. The van der Waals surface area contributed by atoms with E-state index < -0.39 is 12.1 Å². The lowest BCUT2D eigenvalue weighted by atomic mass is 9.86. The first-order valence-corrected chi connectivity index (χ1v) is 14.1. The summed E-state index contributed by atoms with van der Waals surface area (Å²) in [5.41, 5.74) is 4.54. The van der Waals surface area contributed by atoms with Crippen LogP contribution in [0, 0.1) is 0 Å². The molecule has 2 atom stereocenters. The van der Waals surface area contributed by atoms with Gasteiger partial charge in [0.25, 0.3) is 0 Å². The third-order valence-electron chi connectivity index (χ3n) is 7.41. The van der Waals surface area contributed by atoms with Crippen molar-refractivity contribution in [3.05, 3.63) is 112 Å². The molecular weight excluding hydrogens is 554 g/mol. The molecule has 216 valence electrons. The smallest absolute Gasteiger partial charge is 0.412 e. The van der Waals surface area contributed by atoms with Gasteiger partial charge < -0.3 is 19.5 Å². The Morgan fingerprint density at radius 2 is 1.86 bits per heavy atom. The number of benzene rings is 3. The number of rotatable bonds is 9. The Balaban J connectivity index is 1.57. The van der Waals surface area contributed by atoms with Crippen molar-refractivity contribution in [3.8, 4) is 11.5 Å². The van der Waals surface area contributed by atoms with Gasteiger partial charge in [-0.15, -0.1) is 0 Å². The standard InChI is InChI=1S/C33H32ClN3O5/c1-4-21(2)42-30-18-28-24(16-29(30)41-3)17-31(38)37(32(28)23-7-9-25(34)10-8-23)27-13-11-26(12-14-27)36(33(39)40)20-22-6-5-15-35-19-22/h5-16,18-19,21,32H,4,17,20H2,1-3H3,(H,39,40)/t21-,32?/m1/s1. The van der Waals surface area contributed by atoms with Gasteiger partial charge >= 0.3 is 6.09 Å². The van der Waals surface area contributed by atoms with Gasteiger partial charge in [-0.3, -0.25) is 14.7 Å². The molecular formula is C33H32ClN3O5. The van der Waals surface area contributed by atoms with Gasteiger partial charge in [0.2, 0.25) is 5.91 Å². The molecule has 1 N–H and O–H groups in total. The first kappa shape index (κ1) is 29.0. The fourth-order valence-electron chi connectivity index (χ4n) is 5.11. The molecule has 1 aliphatic heterocycles. The highest BCUT2D eigenvalue weighted by Gasteiger charge is 2.36. The molecule has 4 aromatic rings. The van der Waals surface area contributed by atoms with E-state index in [1.54, 1.807) is 66.9 Å². The minimum absolute atomic E-state index is 0.0244. The molecule has 9 heteroatoms. The number of pyridine rings is 1. The molecule has 1 aliphatic rings. The number of nitrogens with zero attached hydrogens (tertiary/aromatic N) is 3. The fraction of sp³-hybridized carbons (Fsp3) is 0.242. The van der Waals surface area contributed by atoms with Gasteiger partial charge in [0.1, 0.15) is 0 Å². The number of amides is 2. The van der Waals surface area contributed by atoms with E-state index in [-0.39, 0.29) is 25.0 Å². The van der Waals surface area contributed by atoms with Crippen LogP contribution in [0.2, 0.25) is 5.02 Å². The van der Waals surface area contributed by atoms with Crippen LogP contribution in [-0.2, 0) is 17.8 Å². The van der Waals surface area contributed by atoms with Crippen molar-refractivity contribution in [3.63, 3.8) is 0 Å². The van der Waals surface area contributed by atoms with E-state index in [2.05, 4.69) is 11.9 Å². The second-order valence-corrected chi connectivity index (χ2v) is 10.6. The van der Waals surface area contributed by atoms with Crippen LogP contribution in [0.25, 0.3) is 0 Å². The lowest BCUT2D eigenvalue weighted by Crippen LogP contribution is -2.41. The van der Waals surface area contributed by atoms with Gasteiger partial charge in [0.15, 0.2) is 11.5 Å². The maximum Gasteiger partial charge on any atom is 0.412 e. The summed E-state index contributed by atoms with van der Waals surface area (Å²) in [5.74, 6) is 1.09. The quantitative estimate of drug-likeness (QED) is 0.222. The number of carbonyl (C=O) groups is 2. The van der Waals surface area contributed by atoms with Crippen molar-refractivity contribution in [2.75, 3.05) is 16.9 Å². The van der Waals surface area contributed by atoms with Crippen LogP contribution in [0.15, 0.2) is 85.2 Å². The van der Waals surface area contributed by atoms with Crippen LogP contribution in [0.4, 0.5) is 16.2 Å². The molecule has 0 spiro atoms. The molecule has 0 radical (unpaired) electrons. The number of fused-ring (bicyclic) bond motifs is 1. The van der Waals surface area contributed by atoms with E-state index in [0.29, 0.717) is 27.9 Å². The molecule has 0 saturated heterocycles. The van der Waals surface area contributed by atoms with Crippen molar-refractivity contribution in [1.29, 1.82) is 0 Å². The van der Waals surface area contributed by atoms with Crippen LogP contribution < -0.4 is 19.3 Å². The largest absolute Gasteiger partial charge is 0.493 e. The molecule has 1 aromatic heterocycles. The first-order chi connectivity index (χ1) is 20.3. The lowest BCUT2D eigenvalue weighted by molar-refractivity contribution is -0.118. The molecule has 0 fully saturated rings. The number of halogens is 1. The van der Waals surface area contributed by atoms with E-state index in [9.17, 15) is 14.7 Å². The summed E-state index contributed by atoms with van der Waals surface area (Å²) >= 11 is 6.23. The Hall–Kier alpha value is -4.56. The monoisotopic (exact) mass is 585 g/mol. The molecule has 0 saturated carbocycles. The zero-order valence-corrected chi connectivity index (χ0v) is 24.4. The van der Waals surface area contributed by atoms with Gasteiger partial charge in [-0.05, 0) is 90.2 Å². The molecule has 42 heavy (non-hydrogen) atoms. The van der Waals surface area contributed by atoms with E-state index in [1.165, 1.54) is 4.90 Å². The van der Waals surface area contributed by atoms with Crippen LogP contribution in [0.5, 0.6) is 11.5 Å². The molecule has 5 rings (SSSR count). The number of anilines is 2. The summed E-state index contributed by atoms with van der Waals surface area (Å²) < 4.78 is 11.9. The van der Waals surface area contributed by atoms with Crippen LogP contribution in [-0.4, -0.2) is 35.3 Å². The molecule has 0 bridgehead atoms. The Bertz CT molecular complexity index is 1560. The summed E-state index contributed by atoms with van der Waals surface area (Å²) in [7, 11) is 1.59. The van der Waals surface area contributed by atoms with Crippen molar-refractivity contribution in [1.82, 2.24) is 4.98 Å². The fourth-order valence-corrected chi connectivity index (χ4v) is 5.24. The first-order valence-electron chi connectivity index (χ1n) is 13.7. The number of hydrogen-bond acceptors (Lipinski definition) is 5. The number of carboxylic acid groups (broad SMARTS) is 1. The van der Waals surface area contributed by atoms with Gasteiger partial charge in [-0.2, -0.15) is 0 Å². The lowest BCUT2D eigenvalue weighted by Gasteiger charge is -2.38. The van der Waals surface area contributed by atoms with Gasteiger partial charge in [0, 0.05) is 28.8 Å². The highest BCUT2D eigenvalue weighted by molar-refractivity contribution is 6.30. The summed E-state index contributed by atoms with van der Waals surface area (Å²) in [6.07, 6.45) is 3.17. The van der Waals surface area contributed by atoms with Gasteiger partial charge in [-0.25, -0.2) is 4.79 Å². The molecule has 3 aromatic carbocycles. The van der Waals surface area contributed by atoms with Crippen molar-refractivity contribution >= 4 is 35.0 Å². The van der Waals surface area contributed by atoms with Crippen molar-refractivity contribution in [2.24, 2.45) is 0 Å². The van der Waals surface area contributed by atoms with Crippen molar-refractivity contribution < 1.29 is 24.2 Å². The summed E-state index contributed by atoms with van der Waals surface area (Å²) in [6.45, 7) is 4.20. The van der Waals surface area contributed by atoms with Crippen LogP contribution in [0.1, 0.15) is 48.6 Å². The Kier molecular flexibility index (Phi) is 8.64. The van der Waals surface area contributed by atoms with Crippen LogP contribution in [0.3, 0.4) is 0 Å². The second kappa shape index (κ2) is 12.5. The van der Waals surface area contributed by atoms with E-state index in [0.717, 1.165) is 28.7 Å². The van der Waals surface area contributed by atoms with Crippen LogP contribution >= 0.6 is 11.6 Å². The molecule has 1 unspecified atom stereocenters. The normalized spacial score (nSPS) is 15.1. The summed E-state index contributed by atoms with van der Waals surface area (Å²) in [6, 6.07) is 21.4. The average Bonchev–Trinajstić information content (AvgIpc) is 3.00. The predicted molar refractivity (Wildman–Crippen MR) is 163 cm³/mol. The average molecular weight is 586 g/mol. The summed E-state index contributed by atoms with van der Waals surface area (Å²) in [4.78, 5) is 33.0. The number of aromatic nitrogens is 1. The Morgan fingerprint density at radius 1 is 1.12 bits per heavy atom. The highest BCUT2D eigenvalue weighted by Crippen LogP contribution is 2.44. The number of hydrogen-bond donors (Lipinski definition) is 1.